The zero-order valence-corrected chi connectivity index (χ0v) is 15.0. The van der Waals surface area contributed by atoms with Crippen LogP contribution in [0.2, 0.25) is 0 Å². The molecule has 1 rings (SSSR count). The molecule has 0 fully saturated rings. The maximum absolute atomic E-state index is 12.0. The number of anilines is 1. The molecule has 1 aromatic rings. The highest BCUT2D eigenvalue weighted by molar-refractivity contribution is 7.98. The number of likely N-dealkylation sites (N-methyl/N-ethyl adjacent to an activating group) is 1. The number of hydrogen-bond acceptors (Lipinski definition) is 4. The van der Waals surface area contributed by atoms with Gasteiger partial charge in [0.15, 0.2) is 0 Å². The van der Waals surface area contributed by atoms with Gasteiger partial charge in [0.2, 0.25) is 11.8 Å². The van der Waals surface area contributed by atoms with Crippen LogP contribution in [-0.4, -0.2) is 42.6 Å². The standard InChI is InChI=1S/C15H23N3O2S.ClH/c1-10(2)14(16)15(20)18(3)9-13(19)17-11-7-5-6-8-12(11)21-4;/h5-8,10,14H,9,16H2,1-4H3,(H,17,19);1H/t14-;/m0./s1. The average Bonchev–Trinajstić information content (AvgIpc) is 2.45. The molecule has 0 aliphatic carbocycles. The summed E-state index contributed by atoms with van der Waals surface area (Å²) in [6, 6.07) is 6.97. The van der Waals surface area contributed by atoms with Crippen molar-refractivity contribution in [3.05, 3.63) is 24.3 Å². The van der Waals surface area contributed by atoms with Crippen molar-refractivity contribution in [1.29, 1.82) is 0 Å². The molecule has 0 saturated carbocycles. The van der Waals surface area contributed by atoms with Crippen molar-refractivity contribution in [2.24, 2.45) is 11.7 Å². The Morgan fingerprint density at radius 2 is 1.91 bits per heavy atom. The molecule has 1 aromatic carbocycles. The van der Waals surface area contributed by atoms with Crippen LogP contribution in [0.3, 0.4) is 0 Å². The maximum Gasteiger partial charge on any atom is 0.244 e. The molecular weight excluding hydrogens is 322 g/mol. The third-order valence-electron chi connectivity index (χ3n) is 3.14. The third-order valence-corrected chi connectivity index (χ3v) is 3.94. The molecule has 0 saturated heterocycles. The summed E-state index contributed by atoms with van der Waals surface area (Å²) in [7, 11) is 1.59. The summed E-state index contributed by atoms with van der Waals surface area (Å²) in [5, 5.41) is 2.82. The highest BCUT2D eigenvalue weighted by Gasteiger charge is 2.22. The molecule has 0 radical (unpaired) electrons. The van der Waals surface area contributed by atoms with Crippen molar-refractivity contribution in [1.82, 2.24) is 4.90 Å². The van der Waals surface area contributed by atoms with Gasteiger partial charge in [0.1, 0.15) is 0 Å². The number of carbonyl (C=O) groups is 2. The number of para-hydroxylation sites is 1. The lowest BCUT2D eigenvalue weighted by atomic mass is 10.0. The monoisotopic (exact) mass is 345 g/mol. The topological polar surface area (TPSA) is 75.4 Å². The average molecular weight is 346 g/mol. The molecule has 0 aromatic heterocycles. The van der Waals surface area contributed by atoms with Gasteiger partial charge in [0.25, 0.3) is 0 Å². The van der Waals surface area contributed by atoms with Crippen molar-refractivity contribution in [3.8, 4) is 0 Å². The van der Waals surface area contributed by atoms with E-state index in [1.807, 2.05) is 44.4 Å². The summed E-state index contributed by atoms with van der Waals surface area (Å²) in [5.74, 6) is -0.415. The fraction of sp³-hybridized carbons (Fsp3) is 0.467. The number of nitrogens with zero attached hydrogens (tertiary/aromatic N) is 1. The van der Waals surface area contributed by atoms with Gasteiger partial charge >= 0.3 is 0 Å². The minimum absolute atomic E-state index is 0. The van der Waals surface area contributed by atoms with Gasteiger partial charge < -0.3 is 16.0 Å². The molecule has 1 atom stereocenters. The number of benzene rings is 1. The van der Waals surface area contributed by atoms with Crippen LogP contribution < -0.4 is 11.1 Å². The second-order valence-electron chi connectivity index (χ2n) is 5.21. The molecular formula is C15H24ClN3O2S. The molecule has 0 aliphatic rings. The van der Waals surface area contributed by atoms with E-state index in [1.165, 1.54) is 4.90 Å². The number of amides is 2. The van der Waals surface area contributed by atoms with E-state index in [0.717, 1.165) is 10.6 Å². The lowest BCUT2D eigenvalue weighted by Gasteiger charge is -2.23. The number of halogens is 1. The van der Waals surface area contributed by atoms with Crippen molar-refractivity contribution in [2.75, 3.05) is 25.2 Å². The number of nitrogens with two attached hydrogens (primary N) is 1. The van der Waals surface area contributed by atoms with E-state index in [-0.39, 0.29) is 36.7 Å². The Bertz CT molecular complexity index is 511. The van der Waals surface area contributed by atoms with E-state index < -0.39 is 6.04 Å². The number of rotatable bonds is 6. The summed E-state index contributed by atoms with van der Waals surface area (Å²) in [4.78, 5) is 26.4. The Morgan fingerprint density at radius 3 is 2.45 bits per heavy atom. The van der Waals surface area contributed by atoms with Crippen molar-refractivity contribution >= 4 is 41.7 Å². The number of carbonyl (C=O) groups excluding carboxylic acids is 2. The lowest BCUT2D eigenvalue weighted by Crippen LogP contribution is -2.47. The third kappa shape index (κ3) is 5.87. The van der Waals surface area contributed by atoms with Gasteiger partial charge in [-0.1, -0.05) is 26.0 Å². The SMILES string of the molecule is CSc1ccccc1NC(=O)CN(C)C(=O)[C@@H](N)C(C)C.Cl. The molecule has 0 heterocycles. The van der Waals surface area contributed by atoms with Gasteiger partial charge in [-0.25, -0.2) is 0 Å². The largest absolute Gasteiger partial charge is 0.335 e. The Balaban J connectivity index is 0.00000441. The minimum Gasteiger partial charge on any atom is -0.335 e. The van der Waals surface area contributed by atoms with Crippen LogP contribution in [0.15, 0.2) is 29.2 Å². The fourth-order valence-corrected chi connectivity index (χ4v) is 2.32. The number of thioether (sulfide) groups is 1. The van der Waals surface area contributed by atoms with Crippen LogP contribution in [0, 0.1) is 5.92 Å². The first kappa shape index (κ1) is 20.8. The Morgan fingerprint density at radius 1 is 1.32 bits per heavy atom. The summed E-state index contributed by atoms with van der Waals surface area (Å²) < 4.78 is 0. The second kappa shape index (κ2) is 9.71. The first-order valence-corrected chi connectivity index (χ1v) is 8.02. The predicted octanol–water partition coefficient (Wildman–Crippen LogP) is 2.21. The zero-order chi connectivity index (χ0) is 16.0. The van der Waals surface area contributed by atoms with Crippen LogP contribution in [0.25, 0.3) is 0 Å². The van der Waals surface area contributed by atoms with E-state index in [9.17, 15) is 9.59 Å². The first-order chi connectivity index (χ1) is 9.86. The van der Waals surface area contributed by atoms with E-state index in [0.29, 0.717) is 0 Å². The molecule has 5 nitrogen and oxygen atoms in total. The quantitative estimate of drug-likeness (QED) is 0.775. The van der Waals surface area contributed by atoms with Crippen LogP contribution in [0.1, 0.15) is 13.8 Å². The number of nitrogens with one attached hydrogen (secondary N) is 1. The van der Waals surface area contributed by atoms with Crippen LogP contribution >= 0.6 is 24.2 Å². The molecule has 0 spiro atoms. The molecule has 2 amide bonds. The summed E-state index contributed by atoms with van der Waals surface area (Å²) >= 11 is 1.56. The Kier molecular flexibility index (Phi) is 9.16. The van der Waals surface area contributed by atoms with Gasteiger partial charge in [-0.3, -0.25) is 9.59 Å². The first-order valence-electron chi connectivity index (χ1n) is 6.80. The van der Waals surface area contributed by atoms with Crippen molar-refractivity contribution in [3.63, 3.8) is 0 Å². The minimum atomic E-state index is -0.582. The van der Waals surface area contributed by atoms with E-state index in [1.54, 1.807) is 18.8 Å². The predicted molar refractivity (Wildman–Crippen MR) is 94.6 cm³/mol. The molecule has 22 heavy (non-hydrogen) atoms. The summed E-state index contributed by atoms with van der Waals surface area (Å²) in [6.07, 6.45) is 1.95. The molecule has 3 N–H and O–H groups in total. The van der Waals surface area contributed by atoms with Crippen molar-refractivity contribution in [2.45, 2.75) is 24.8 Å². The zero-order valence-electron chi connectivity index (χ0n) is 13.3. The van der Waals surface area contributed by atoms with Gasteiger partial charge in [-0.15, -0.1) is 24.2 Å². The summed E-state index contributed by atoms with van der Waals surface area (Å²) in [5.41, 5.74) is 6.56. The smallest absolute Gasteiger partial charge is 0.244 e. The van der Waals surface area contributed by atoms with Gasteiger partial charge in [-0.05, 0) is 24.3 Å². The molecule has 0 bridgehead atoms. The maximum atomic E-state index is 12.0. The molecule has 0 aliphatic heterocycles. The van der Waals surface area contributed by atoms with E-state index in [2.05, 4.69) is 5.32 Å². The molecule has 0 unspecified atom stereocenters. The molecule has 7 heteroatoms. The van der Waals surface area contributed by atoms with Crippen molar-refractivity contribution < 1.29 is 9.59 Å². The Labute approximate surface area is 142 Å². The van der Waals surface area contributed by atoms with Gasteiger partial charge in [-0.2, -0.15) is 0 Å². The Hall–Kier alpha value is -1.24. The van der Waals surface area contributed by atoms with E-state index in [4.69, 9.17) is 5.73 Å². The highest BCUT2D eigenvalue weighted by Crippen LogP contribution is 2.24. The fourth-order valence-electron chi connectivity index (χ4n) is 1.77. The van der Waals surface area contributed by atoms with Gasteiger partial charge in [0.05, 0.1) is 18.3 Å². The van der Waals surface area contributed by atoms with Crippen LogP contribution in [0.5, 0.6) is 0 Å². The van der Waals surface area contributed by atoms with Crippen LogP contribution in [-0.2, 0) is 9.59 Å². The second-order valence-corrected chi connectivity index (χ2v) is 6.06. The molecule has 124 valence electrons. The van der Waals surface area contributed by atoms with Gasteiger partial charge in [0, 0.05) is 11.9 Å². The lowest BCUT2D eigenvalue weighted by molar-refractivity contribution is -0.135. The van der Waals surface area contributed by atoms with E-state index >= 15 is 0 Å². The highest BCUT2D eigenvalue weighted by atomic mass is 35.5. The normalized spacial score (nSPS) is 11.5. The van der Waals surface area contributed by atoms with Crippen LogP contribution in [0.4, 0.5) is 5.69 Å². The summed E-state index contributed by atoms with van der Waals surface area (Å²) in [6.45, 7) is 3.75. The number of hydrogen-bond donors (Lipinski definition) is 2.